The molecule has 1 heterocycles. The highest BCUT2D eigenvalue weighted by Crippen LogP contribution is 2.21. The zero-order valence-corrected chi connectivity index (χ0v) is 8.74. The zero-order chi connectivity index (χ0) is 11.5. The van der Waals surface area contributed by atoms with Gasteiger partial charge < -0.3 is 11.1 Å². The number of nitrogens with one attached hydrogen (secondary N) is 1. The fraction of sp³-hybridized carbons (Fsp3) is 0.0909. The molecule has 2 aromatic rings. The van der Waals surface area contributed by atoms with E-state index in [9.17, 15) is 4.39 Å². The molecule has 0 unspecified atom stereocenters. The van der Waals surface area contributed by atoms with Gasteiger partial charge >= 0.3 is 0 Å². The Labute approximate surface area is 92.3 Å². The minimum absolute atomic E-state index is 0.239. The van der Waals surface area contributed by atoms with Crippen LogP contribution in [0.1, 0.15) is 5.56 Å². The van der Waals surface area contributed by atoms with Crippen molar-refractivity contribution < 1.29 is 4.39 Å². The summed E-state index contributed by atoms with van der Waals surface area (Å²) in [5.74, 6) is 0.242. The Bertz CT molecular complexity index is 513. The predicted octanol–water partition coefficient (Wildman–Crippen LogP) is 2.25. The number of benzene rings is 1. The number of nitrogens with two attached hydrogens (primary N) is 1. The van der Waals surface area contributed by atoms with E-state index in [0.29, 0.717) is 11.5 Å². The van der Waals surface area contributed by atoms with Crippen molar-refractivity contribution in [2.24, 2.45) is 0 Å². The third-order valence-electron chi connectivity index (χ3n) is 2.10. The summed E-state index contributed by atoms with van der Waals surface area (Å²) in [6.45, 7) is 1.88. The number of hydrogen-bond acceptors (Lipinski definition) is 4. The summed E-state index contributed by atoms with van der Waals surface area (Å²) >= 11 is 0. The average molecular weight is 218 g/mol. The van der Waals surface area contributed by atoms with Gasteiger partial charge in [-0.2, -0.15) is 0 Å². The summed E-state index contributed by atoms with van der Waals surface area (Å²) < 4.78 is 13.4. The number of aryl methyl sites for hydroxylation is 1. The largest absolute Gasteiger partial charge is 0.381 e. The molecule has 0 spiro atoms. The fourth-order valence-corrected chi connectivity index (χ4v) is 1.31. The first-order valence-electron chi connectivity index (χ1n) is 4.76. The van der Waals surface area contributed by atoms with Crippen LogP contribution >= 0.6 is 0 Å². The van der Waals surface area contributed by atoms with Gasteiger partial charge in [-0.05, 0) is 24.6 Å². The van der Waals surface area contributed by atoms with Crippen LogP contribution in [0, 0.1) is 12.7 Å². The quantitative estimate of drug-likeness (QED) is 0.811. The summed E-state index contributed by atoms with van der Waals surface area (Å²) in [6.07, 6.45) is 2.97. The third-order valence-corrected chi connectivity index (χ3v) is 2.10. The number of aromatic nitrogens is 2. The lowest BCUT2D eigenvalue weighted by Gasteiger charge is -2.08. The van der Waals surface area contributed by atoms with Crippen molar-refractivity contribution in [2.45, 2.75) is 6.92 Å². The van der Waals surface area contributed by atoms with Gasteiger partial charge in [-0.25, -0.2) is 14.4 Å². The number of anilines is 3. The molecule has 82 valence electrons. The van der Waals surface area contributed by atoms with Crippen molar-refractivity contribution in [3.05, 3.63) is 42.0 Å². The molecular weight excluding hydrogens is 207 g/mol. The number of halogens is 1. The SMILES string of the molecule is Cc1ccc(F)c(Nc2nccnc2N)c1. The predicted molar refractivity (Wildman–Crippen MR) is 60.9 cm³/mol. The molecule has 0 fully saturated rings. The number of hydrogen-bond donors (Lipinski definition) is 2. The lowest BCUT2D eigenvalue weighted by atomic mass is 10.2. The Morgan fingerprint density at radius 2 is 2.00 bits per heavy atom. The molecule has 0 aliphatic carbocycles. The molecule has 16 heavy (non-hydrogen) atoms. The Morgan fingerprint density at radius 3 is 2.75 bits per heavy atom. The number of nitrogen functional groups attached to an aromatic ring is 1. The summed E-state index contributed by atoms with van der Waals surface area (Å²) in [7, 11) is 0. The highest BCUT2D eigenvalue weighted by molar-refractivity contribution is 5.65. The lowest BCUT2D eigenvalue weighted by molar-refractivity contribution is 0.631. The van der Waals surface area contributed by atoms with Crippen LogP contribution < -0.4 is 11.1 Å². The van der Waals surface area contributed by atoms with E-state index in [2.05, 4.69) is 15.3 Å². The van der Waals surface area contributed by atoms with Crippen molar-refractivity contribution >= 4 is 17.3 Å². The molecule has 1 aromatic heterocycles. The molecule has 0 amide bonds. The highest BCUT2D eigenvalue weighted by atomic mass is 19.1. The molecule has 0 saturated carbocycles. The Balaban J connectivity index is 2.34. The van der Waals surface area contributed by atoms with Crippen LogP contribution in [0.3, 0.4) is 0 Å². The van der Waals surface area contributed by atoms with E-state index >= 15 is 0 Å². The third kappa shape index (κ3) is 2.08. The monoisotopic (exact) mass is 218 g/mol. The van der Waals surface area contributed by atoms with Crippen LogP contribution in [0.5, 0.6) is 0 Å². The van der Waals surface area contributed by atoms with Crippen molar-refractivity contribution in [3.8, 4) is 0 Å². The Morgan fingerprint density at radius 1 is 1.25 bits per heavy atom. The van der Waals surface area contributed by atoms with Crippen LogP contribution in [0.2, 0.25) is 0 Å². The van der Waals surface area contributed by atoms with E-state index in [-0.39, 0.29) is 11.6 Å². The van der Waals surface area contributed by atoms with E-state index in [4.69, 9.17) is 5.73 Å². The maximum atomic E-state index is 13.4. The van der Waals surface area contributed by atoms with Gasteiger partial charge in [-0.15, -0.1) is 0 Å². The molecule has 0 aliphatic heterocycles. The smallest absolute Gasteiger partial charge is 0.173 e. The number of rotatable bonds is 2. The van der Waals surface area contributed by atoms with Gasteiger partial charge in [0.2, 0.25) is 0 Å². The Hall–Kier alpha value is -2.17. The summed E-state index contributed by atoms with van der Waals surface area (Å²) in [4.78, 5) is 7.84. The molecule has 0 radical (unpaired) electrons. The molecule has 0 saturated heterocycles. The first-order chi connectivity index (χ1) is 7.66. The first kappa shape index (κ1) is 10.4. The van der Waals surface area contributed by atoms with Gasteiger partial charge in [0.15, 0.2) is 11.6 Å². The van der Waals surface area contributed by atoms with Crippen molar-refractivity contribution in [1.82, 2.24) is 9.97 Å². The molecule has 0 aliphatic rings. The summed E-state index contributed by atoms with van der Waals surface area (Å²) in [5, 5.41) is 2.81. The van der Waals surface area contributed by atoms with E-state index in [1.165, 1.54) is 18.5 Å². The van der Waals surface area contributed by atoms with E-state index < -0.39 is 0 Å². The summed E-state index contributed by atoms with van der Waals surface area (Å²) in [6, 6.07) is 4.77. The van der Waals surface area contributed by atoms with E-state index in [1.54, 1.807) is 12.1 Å². The standard InChI is InChI=1S/C11H11FN4/c1-7-2-3-8(12)9(6-7)16-11-10(13)14-4-5-15-11/h2-6H,1H3,(H2,13,14)(H,15,16). The second-order valence-electron chi connectivity index (χ2n) is 3.40. The molecule has 5 heteroatoms. The topological polar surface area (TPSA) is 63.8 Å². The minimum Gasteiger partial charge on any atom is -0.381 e. The molecule has 2 rings (SSSR count). The maximum absolute atomic E-state index is 13.4. The molecule has 1 aromatic carbocycles. The van der Waals surface area contributed by atoms with Crippen LogP contribution in [0.15, 0.2) is 30.6 Å². The normalized spacial score (nSPS) is 10.1. The molecule has 3 N–H and O–H groups in total. The van der Waals surface area contributed by atoms with Gasteiger partial charge in [-0.1, -0.05) is 6.07 Å². The van der Waals surface area contributed by atoms with Crippen LogP contribution in [0.25, 0.3) is 0 Å². The fourth-order valence-electron chi connectivity index (χ4n) is 1.31. The van der Waals surface area contributed by atoms with E-state index in [0.717, 1.165) is 5.56 Å². The van der Waals surface area contributed by atoms with Crippen LogP contribution in [0.4, 0.5) is 21.7 Å². The molecular formula is C11H11FN4. The second-order valence-corrected chi connectivity index (χ2v) is 3.40. The first-order valence-corrected chi connectivity index (χ1v) is 4.76. The minimum atomic E-state index is -0.351. The van der Waals surface area contributed by atoms with Crippen molar-refractivity contribution in [2.75, 3.05) is 11.1 Å². The van der Waals surface area contributed by atoms with Gasteiger partial charge in [0.25, 0.3) is 0 Å². The highest BCUT2D eigenvalue weighted by Gasteiger charge is 2.05. The van der Waals surface area contributed by atoms with Crippen LogP contribution in [-0.4, -0.2) is 9.97 Å². The molecule has 0 bridgehead atoms. The second kappa shape index (κ2) is 4.14. The van der Waals surface area contributed by atoms with Gasteiger partial charge in [0.1, 0.15) is 5.82 Å². The number of nitrogens with zero attached hydrogens (tertiary/aromatic N) is 2. The van der Waals surface area contributed by atoms with Crippen LogP contribution in [-0.2, 0) is 0 Å². The zero-order valence-electron chi connectivity index (χ0n) is 8.74. The van der Waals surface area contributed by atoms with Crippen molar-refractivity contribution in [3.63, 3.8) is 0 Å². The Kier molecular flexibility index (Phi) is 2.68. The summed E-state index contributed by atoms with van der Waals surface area (Å²) in [5.41, 5.74) is 6.89. The molecule has 0 atom stereocenters. The average Bonchev–Trinajstić information content (AvgIpc) is 2.27. The van der Waals surface area contributed by atoms with E-state index in [1.807, 2.05) is 6.92 Å². The maximum Gasteiger partial charge on any atom is 0.173 e. The van der Waals surface area contributed by atoms with Gasteiger partial charge in [0.05, 0.1) is 5.69 Å². The lowest BCUT2D eigenvalue weighted by Crippen LogP contribution is -2.02. The van der Waals surface area contributed by atoms with Gasteiger partial charge in [-0.3, -0.25) is 0 Å². The van der Waals surface area contributed by atoms with Gasteiger partial charge in [0, 0.05) is 12.4 Å². The van der Waals surface area contributed by atoms with Crippen molar-refractivity contribution in [1.29, 1.82) is 0 Å². The molecule has 4 nitrogen and oxygen atoms in total.